The first-order valence-electron chi connectivity index (χ1n) is 21.2. The molecule has 8 rings (SSSR count). The van der Waals surface area contributed by atoms with E-state index in [4.69, 9.17) is 18.9 Å². The van der Waals surface area contributed by atoms with Gasteiger partial charge in [0.25, 0.3) is 0 Å². The van der Waals surface area contributed by atoms with E-state index in [1.165, 1.54) is 14.2 Å². The van der Waals surface area contributed by atoms with Gasteiger partial charge in [-0.05, 0) is 92.9 Å². The van der Waals surface area contributed by atoms with Gasteiger partial charge in [0.1, 0.15) is 34.4 Å². The molecule has 4 aromatic heterocycles. The Balaban J connectivity index is 0.000000186. The molecule has 4 aromatic rings. The van der Waals surface area contributed by atoms with Gasteiger partial charge in [-0.15, -0.1) is 20.4 Å². The molecule has 2 N–H and O–H groups in total. The molecule has 4 fully saturated rings. The molecule has 0 amide bonds. The molecule has 0 spiro atoms. The van der Waals surface area contributed by atoms with E-state index in [2.05, 4.69) is 63.6 Å². The number of rotatable bonds is 16. The third-order valence-electron chi connectivity index (χ3n) is 12.4. The summed E-state index contributed by atoms with van der Waals surface area (Å²) in [6.45, 7) is 13.7. The van der Waals surface area contributed by atoms with Gasteiger partial charge >= 0.3 is 0 Å². The average Bonchev–Trinajstić information content (AvgIpc) is 4.09. The highest BCUT2D eigenvalue weighted by molar-refractivity contribution is 7.93. The van der Waals surface area contributed by atoms with Crippen molar-refractivity contribution in [1.82, 2.24) is 49.5 Å². The van der Waals surface area contributed by atoms with Crippen molar-refractivity contribution < 1.29 is 35.8 Å². The lowest BCUT2D eigenvalue weighted by molar-refractivity contribution is 0.0763. The molecule has 62 heavy (non-hydrogen) atoms. The number of hydrogen-bond donors (Lipinski definition) is 2. The number of aryl methyl sites for hydroxylation is 2. The summed E-state index contributed by atoms with van der Waals surface area (Å²) in [7, 11) is -4.77. The first-order valence-corrected chi connectivity index (χ1v) is 24.3. The SMILES string of the molecule is CO[C@H](c1cnc(C)cn1)[C@H](C)S(=O)(=O)Nc1nnc([C@@H]2CCCOC2)n1C1(C)CC1.CO[C@H](c1cnc(C)cn1)[C@H](C)S(=O)(=O)Nc1nnc([C@H]2CCCOC2)n1C1(C)CC1. The van der Waals surface area contributed by atoms with E-state index in [0.717, 1.165) is 87.6 Å². The molecular formula is C40H60N12O8S2. The van der Waals surface area contributed by atoms with E-state index in [-0.39, 0.29) is 34.8 Å². The van der Waals surface area contributed by atoms with Gasteiger partial charge in [-0.3, -0.25) is 38.5 Å². The largest absolute Gasteiger partial charge is 0.381 e. The van der Waals surface area contributed by atoms with Gasteiger partial charge in [-0.25, -0.2) is 16.8 Å². The minimum Gasteiger partial charge on any atom is -0.381 e. The molecule has 2 saturated heterocycles. The van der Waals surface area contributed by atoms with Crippen molar-refractivity contribution >= 4 is 31.9 Å². The Morgan fingerprint density at radius 3 is 1.32 bits per heavy atom. The standard InChI is InChI=1S/2C20H30N6O4S/c2*1-13-10-22-16(11-21-13)17(29-4)14(2)31(27,28)25-19-24-23-18(15-6-5-9-30-12-15)26(19)20(3)7-8-20/h2*10-11,14-15,17H,5-9,12H2,1-4H3,(H,24,25)/t14-,15+,17-;14-,15-,17-/m00/s1. The zero-order chi connectivity index (χ0) is 44.5. The van der Waals surface area contributed by atoms with Gasteiger partial charge in [-0.1, -0.05) is 0 Å². The third-order valence-corrected chi connectivity index (χ3v) is 15.8. The van der Waals surface area contributed by atoms with Gasteiger partial charge < -0.3 is 18.9 Å². The van der Waals surface area contributed by atoms with Gasteiger partial charge in [0.05, 0.1) is 48.4 Å². The minimum absolute atomic E-state index is 0.115. The second-order valence-corrected chi connectivity index (χ2v) is 21.5. The first kappa shape index (κ1) is 45.8. The van der Waals surface area contributed by atoms with Crippen molar-refractivity contribution in [3.8, 4) is 0 Å². The predicted molar refractivity (Wildman–Crippen MR) is 228 cm³/mol. The number of sulfonamides is 2. The molecule has 20 nitrogen and oxygen atoms in total. The summed E-state index contributed by atoms with van der Waals surface area (Å²) in [5.41, 5.74) is 2.05. The zero-order valence-corrected chi connectivity index (χ0v) is 38.4. The summed E-state index contributed by atoms with van der Waals surface area (Å²) in [6.07, 6.45) is 12.4. The van der Waals surface area contributed by atoms with Crippen LogP contribution in [0, 0.1) is 13.8 Å². The van der Waals surface area contributed by atoms with Gasteiger partial charge in [-0.2, -0.15) is 0 Å². The highest BCUT2D eigenvalue weighted by atomic mass is 32.2. The van der Waals surface area contributed by atoms with Crippen LogP contribution in [0.1, 0.15) is 138 Å². The molecule has 0 bridgehead atoms. The van der Waals surface area contributed by atoms with Crippen LogP contribution in [0.25, 0.3) is 0 Å². The van der Waals surface area contributed by atoms with E-state index in [0.29, 0.717) is 24.6 Å². The Hall–Kier alpha value is -4.22. The van der Waals surface area contributed by atoms with Crippen LogP contribution in [0.3, 0.4) is 0 Å². The number of anilines is 2. The van der Waals surface area contributed by atoms with E-state index in [1.54, 1.807) is 38.6 Å². The highest BCUT2D eigenvalue weighted by Crippen LogP contribution is 2.48. The molecule has 0 unspecified atom stereocenters. The molecule has 6 atom stereocenters. The Morgan fingerprint density at radius 2 is 1.03 bits per heavy atom. The second-order valence-electron chi connectivity index (χ2n) is 17.4. The Labute approximate surface area is 363 Å². The maximum Gasteiger partial charge on any atom is 0.240 e. The lowest BCUT2D eigenvalue weighted by Crippen LogP contribution is -2.34. The molecule has 4 aliphatic rings. The van der Waals surface area contributed by atoms with Crippen LogP contribution in [0.4, 0.5) is 11.9 Å². The molecular weight excluding hydrogens is 841 g/mol. The first-order chi connectivity index (χ1) is 29.5. The number of nitrogens with one attached hydrogen (secondary N) is 2. The molecule has 0 radical (unpaired) electrons. The Bertz CT molecular complexity index is 2190. The zero-order valence-electron chi connectivity index (χ0n) is 36.8. The van der Waals surface area contributed by atoms with E-state index < -0.39 is 42.8 Å². The number of methoxy groups -OCH3 is 2. The lowest BCUT2D eigenvalue weighted by Gasteiger charge is -2.26. The lowest BCUT2D eigenvalue weighted by atomic mass is 10.0. The van der Waals surface area contributed by atoms with Crippen molar-refractivity contribution in [3.05, 3.63) is 59.2 Å². The van der Waals surface area contributed by atoms with Gasteiger partial charge in [0, 0.05) is 62.7 Å². The Kier molecular flexibility index (Phi) is 13.6. The minimum atomic E-state index is -3.85. The monoisotopic (exact) mass is 900 g/mol. The number of ether oxygens (including phenoxy) is 4. The van der Waals surface area contributed by atoms with Crippen molar-refractivity contribution in [3.63, 3.8) is 0 Å². The summed E-state index contributed by atoms with van der Waals surface area (Å²) in [4.78, 5) is 17.0. The maximum atomic E-state index is 13.3. The maximum absolute atomic E-state index is 13.3. The average molecular weight is 901 g/mol. The fourth-order valence-electron chi connectivity index (χ4n) is 7.99. The number of hydrogen-bond acceptors (Lipinski definition) is 16. The molecule has 2 saturated carbocycles. The van der Waals surface area contributed by atoms with Crippen molar-refractivity contribution in [2.24, 2.45) is 0 Å². The Morgan fingerprint density at radius 1 is 0.645 bits per heavy atom. The molecule has 2 aliphatic heterocycles. The van der Waals surface area contributed by atoms with Gasteiger partial charge in [0.2, 0.25) is 31.9 Å². The predicted octanol–water partition coefficient (Wildman–Crippen LogP) is 4.59. The van der Waals surface area contributed by atoms with Crippen LogP contribution in [-0.2, 0) is 50.1 Å². The summed E-state index contributed by atoms with van der Waals surface area (Å²) in [6, 6.07) is 0. The van der Waals surface area contributed by atoms with E-state index in [1.807, 2.05) is 23.0 Å². The number of nitrogens with zero attached hydrogens (tertiary/aromatic N) is 10. The highest BCUT2D eigenvalue weighted by Gasteiger charge is 2.47. The van der Waals surface area contributed by atoms with Crippen LogP contribution >= 0.6 is 0 Å². The normalized spacial score (nSPS) is 22.6. The van der Waals surface area contributed by atoms with Crippen LogP contribution < -0.4 is 9.44 Å². The second kappa shape index (κ2) is 18.5. The van der Waals surface area contributed by atoms with E-state index >= 15 is 0 Å². The number of aromatic nitrogens is 10. The van der Waals surface area contributed by atoms with Crippen molar-refractivity contribution in [1.29, 1.82) is 0 Å². The van der Waals surface area contributed by atoms with Crippen LogP contribution in [0.2, 0.25) is 0 Å². The fourth-order valence-corrected chi connectivity index (χ4v) is 10.3. The van der Waals surface area contributed by atoms with Crippen molar-refractivity contribution in [2.45, 2.75) is 139 Å². The quantitative estimate of drug-likeness (QED) is 0.156. The summed E-state index contributed by atoms with van der Waals surface area (Å²) in [5, 5.41) is 15.4. The van der Waals surface area contributed by atoms with E-state index in [9.17, 15) is 16.8 Å². The van der Waals surface area contributed by atoms with Crippen LogP contribution in [-0.4, -0.2) is 117 Å². The summed E-state index contributed by atoms with van der Waals surface area (Å²) >= 11 is 0. The molecule has 6 heterocycles. The summed E-state index contributed by atoms with van der Waals surface area (Å²) in [5.74, 6) is 2.30. The molecule has 0 aromatic carbocycles. The van der Waals surface area contributed by atoms with Crippen LogP contribution in [0.15, 0.2) is 24.8 Å². The van der Waals surface area contributed by atoms with Crippen molar-refractivity contribution in [2.75, 3.05) is 50.1 Å². The molecule has 340 valence electrons. The summed E-state index contributed by atoms with van der Waals surface area (Å²) < 4.78 is 84.6. The topological polar surface area (TPSA) is 242 Å². The van der Waals surface area contributed by atoms with Crippen LogP contribution in [0.5, 0.6) is 0 Å². The smallest absolute Gasteiger partial charge is 0.240 e. The molecule has 22 heteroatoms. The molecule has 2 aliphatic carbocycles. The fraction of sp³-hybridized carbons (Fsp3) is 0.700. The third kappa shape index (κ3) is 9.94. The van der Waals surface area contributed by atoms with Gasteiger partial charge in [0.15, 0.2) is 0 Å².